The Kier molecular flexibility index (Phi) is 5.32. The molecule has 0 amide bonds. The van der Waals surface area contributed by atoms with Gasteiger partial charge in [0.15, 0.2) is 0 Å². The maximum Gasteiger partial charge on any atom is 0.126 e. The normalized spacial score (nSPS) is 21.7. The van der Waals surface area contributed by atoms with Gasteiger partial charge in [-0.3, -0.25) is 0 Å². The van der Waals surface area contributed by atoms with Gasteiger partial charge in [-0.15, -0.1) is 0 Å². The number of piperidine rings is 1. The van der Waals surface area contributed by atoms with Crippen molar-refractivity contribution in [2.75, 3.05) is 26.3 Å². The van der Waals surface area contributed by atoms with Gasteiger partial charge in [0.1, 0.15) is 6.17 Å². The van der Waals surface area contributed by atoms with E-state index in [1.807, 2.05) is 6.92 Å². The Morgan fingerprint density at radius 3 is 2.77 bits per heavy atom. The number of hydrogen-bond acceptors (Lipinski definition) is 2. The summed E-state index contributed by atoms with van der Waals surface area (Å²) in [6.07, 6.45) is 2.13. The van der Waals surface area contributed by atoms with E-state index in [4.69, 9.17) is 4.74 Å². The van der Waals surface area contributed by atoms with Crippen molar-refractivity contribution in [2.45, 2.75) is 32.4 Å². The molecule has 1 aliphatic rings. The van der Waals surface area contributed by atoms with E-state index in [1.54, 1.807) is 0 Å². The van der Waals surface area contributed by atoms with Gasteiger partial charge < -0.3 is 10.1 Å². The van der Waals surface area contributed by atoms with Gasteiger partial charge in [-0.2, -0.15) is 0 Å². The first-order valence-corrected chi connectivity index (χ1v) is 5.27. The first kappa shape index (κ1) is 10.9. The van der Waals surface area contributed by atoms with E-state index >= 15 is 0 Å². The number of nitrogens with one attached hydrogen (secondary N) is 1. The molecule has 1 unspecified atom stereocenters. The molecule has 1 atom stereocenters. The van der Waals surface area contributed by atoms with Crippen molar-refractivity contribution in [1.29, 1.82) is 0 Å². The smallest absolute Gasteiger partial charge is 0.126 e. The third-order valence-electron chi connectivity index (χ3n) is 2.52. The van der Waals surface area contributed by atoms with E-state index in [2.05, 4.69) is 5.32 Å². The van der Waals surface area contributed by atoms with Crippen molar-refractivity contribution >= 4 is 0 Å². The highest BCUT2D eigenvalue weighted by molar-refractivity contribution is 4.75. The molecule has 1 saturated heterocycles. The highest BCUT2D eigenvalue weighted by atomic mass is 19.1. The van der Waals surface area contributed by atoms with Gasteiger partial charge in [-0.25, -0.2) is 4.39 Å². The average molecular weight is 189 g/mol. The molecule has 1 heterocycles. The zero-order chi connectivity index (χ0) is 9.52. The molecule has 1 rings (SSSR count). The van der Waals surface area contributed by atoms with Gasteiger partial charge >= 0.3 is 0 Å². The topological polar surface area (TPSA) is 21.3 Å². The lowest BCUT2D eigenvalue weighted by molar-refractivity contribution is 0.0466. The molecule has 0 aromatic rings. The second-order valence-electron chi connectivity index (χ2n) is 3.68. The van der Waals surface area contributed by atoms with Gasteiger partial charge in [0, 0.05) is 6.61 Å². The fraction of sp³-hybridized carbons (Fsp3) is 1.00. The monoisotopic (exact) mass is 189 g/mol. The SMILES string of the molecule is CCCOCC(F)C1CCNCC1. The molecular formula is C10H20FNO. The first-order chi connectivity index (χ1) is 6.34. The lowest BCUT2D eigenvalue weighted by Crippen LogP contribution is -2.34. The Hall–Kier alpha value is -0.150. The third kappa shape index (κ3) is 4.05. The molecule has 0 saturated carbocycles. The van der Waals surface area contributed by atoms with Crippen LogP contribution < -0.4 is 5.32 Å². The minimum absolute atomic E-state index is 0.220. The number of hydrogen-bond donors (Lipinski definition) is 1. The Labute approximate surface area is 79.8 Å². The number of alkyl halides is 1. The summed E-state index contributed by atoms with van der Waals surface area (Å²) in [5, 5.41) is 3.23. The van der Waals surface area contributed by atoms with Crippen molar-refractivity contribution in [2.24, 2.45) is 5.92 Å². The van der Waals surface area contributed by atoms with Gasteiger partial charge in [0.05, 0.1) is 6.61 Å². The molecule has 13 heavy (non-hydrogen) atoms. The molecule has 0 spiro atoms. The second-order valence-corrected chi connectivity index (χ2v) is 3.68. The molecule has 0 aromatic heterocycles. The van der Waals surface area contributed by atoms with Crippen molar-refractivity contribution < 1.29 is 9.13 Å². The van der Waals surface area contributed by atoms with Crippen LogP contribution in [0.5, 0.6) is 0 Å². The van der Waals surface area contributed by atoms with Gasteiger partial charge in [-0.05, 0) is 38.3 Å². The highest BCUT2D eigenvalue weighted by Crippen LogP contribution is 2.19. The number of ether oxygens (including phenoxy) is 1. The van der Waals surface area contributed by atoms with Crippen LogP contribution in [0.2, 0.25) is 0 Å². The summed E-state index contributed by atoms with van der Waals surface area (Å²) < 4.78 is 18.7. The standard InChI is InChI=1S/C10H20FNO/c1-2-7-13-8-10(11)9-3-5-12-6-4-9/h9-10,12H,2-8H2,1H3. The van der Waals surface area contributed by atoms with Gasteiger partial charge in [0.25, 0.3) is 0 Å². The minimum Gasteiger partial charge on any atom is -0.378 e. The van der Waals surface area contributed by atoms with Crippen LogP contribution in [0, 0.1) is 5.92 Å². The Balaban J connectivity index is 2.09. The fourth-order valence-corrected chi connectivity index (χ4v) is 1.68. The van der Waals surface area contributed by atoms with Crippen molar-refractivity contribution in [3.8, 4) is 0 Å². The lowest BCUT2D eigenvalue weighted by Gasteiger charge is -2.25. The second kappa shape index (κ2) is 6.33. The first-order valence-electron chi connectivity index (χ1n) is 5.27. The molecule has 1 N–H and O–H groups in total. The molecule has 0 aliphatic carbocycles. The summed E-state index contributed by atoms with van der Waals surface area (Å²) in [7, 11) is 0. The van der Waals surface area contributed by atoms with Crippen LogP contribution in [-0.4, -0.2) is 32.5 Å². The molecule has 2 nitrogen and oxygen atoms in total. The number of rotatable bonds is 5. The maximum absolute atomic E-state index is 13.5. The fourth-order valence-electron chi connectivity index (χ4n) is 1.68. The highest BCUT2D eigenvalue weighted by Gasteiger charge is 2.22. The van der Waals surface area contributed by atoms with Gasteiger partial charge in [-0.1, -0.05) is 6.92 Å². The predicted molar refractivity (Wildman–Crippen MR) is 51.6 cm³/mol. The molecule has 0 bridgehead atoms. The molecule has 1 fully saturated rings. The van der Waals surface area contributed by atoms with E-state index in [0.717, 1.165) is 32.4 Å². The molecule has 1 aliphatic heterocycles. The van der Waals surface area contributed by atoms with Crippen molar-refractivity contribution in [3.63, 3.8) is 0 Å². The Morgan fingerprint density at radius 2 is 2.15 bits per heavy atom. The maximum atomic E-state index is 13.5. The van der Waals surface area contributed by atoms with E-state index in [1.165, 1.54) is 0 Å². The summed E-state index contributed by atoms with van der Waals surface area (Å²) in [6, 6.07) is 0. The van der Waals surface area contributed by atoms with Crippen molar-refractivity contribution in [1.82, 2.24) is 5.32 Å². The Bertz CT molecular complexity index is 126. The molecule has 3 heteroatoms. The van der Waals surface area contributed by atoms with Crippen LogP contribution in [0.3, 0.4) is 0 Å². The Morgan fingerprint density at radius 1 is 1.46 bits per heavy atom. The van der Waals surface area contributed by atoms with Crippen LogP contribution >= 0.6 is 0 Å². The zero-order valence-corrected chi connectivity index (χ0v) is 8.39. The summed E-state index contributed by atoms with van der Waals surface area (Å²) in [5.41, 5.74) is 0. The van der Waals surface area contributed by atoms with E-state index in [-0.39, 0.29) is 5.92 Å². The van der Waals surface area contributed by atoms with Crippen LogP contribution in [0.4, 0.5) is 4.39 Å². The minimum atomic E-state index is -0.756. The average Bonchev–Trinajstić information content (AvgIpc) is 2.19. The number of halogens is 1. The quantitative estimate of drug-likeness (QED) is 0.665. The van der Waals surface area contributed by atoms with E-state index in [9.17, 15) is 4.39 Å². The summed E-state index contributed by atoms with van der Waals surface area (Å²) in [6.45, 7) is 4.93. The van der Waals surface area contributed by atoms with Crippen LogP contribution in [0.25, 0.3) is 0 Å². The van der Waals surface area contributed by atoms with Crippen molar-refractivity contribution in [3.05, 3.63) is 0 Å². The summed E-state index contributed by atoms with van der Waals surface area (Å²) in [5.74, 6) is 0.220. The molecule has 78 valence electrons. The van der Waals surface area contributed by atoms with E-state index in [0.29, 0.717) is 13.2 Å². The largest absolute Gasteiger partial charge is 0.378 e. The van der Waals surface area contributed by atoms with E-state index < -0.39 is 6.17 Å². The predicted octanol–water partition coefficient (Wildman–Crippen LogP) is 1.75. The summed E-state index contributed by atoms with van der Waals surface area (Å²) in [4.78, 5) is 0. The molecule has 0 radical (unpaired) electrons. The van der Waals surface area contributed by atoms with Gasteiger partial charge in [0.2, 0.25) is 0 Å². The summed E-state index contributed by atoms with van der Waals surface area (Å²) >= 11 is 0. The van der Waals surface area contributed by atoms with Crippen LogP contribution in [-0.2, 0) is 4.74 Å². The zero-order valence-electron chi connectivity index (χ0n) is 8.39. The van der Waals surface area contributed by atoms with Crippen LogP contribution in [0.15, 0.2) is 0 Å². The molecular weight excluding hydrogens is 169 g/mol. The lowest BCUT2D eigenvalue weighted by atomic mass is 9.93. The molecule has 0 aromatic carbocycles. The van der Waals surface area contributed by atoms with Crippen LogP contribution in [0.1, 0.15) is 26.2 Å². The third-order valence-corrected chi connectivity index (χ3v) is 2.52.